The molecule has 118 valence electrons. The van der Waals surface area contributed by atoms with Crippen molar-refractivity contribution in [3.05, 3.63) is 24.0 Å². The van der Waals surface area contributed by atoms with Gasteiger partial charge in [-0.1, -0.05) is 6.92 Å². The summed E-state index contributed by atoms with van der Waals surface area (Å²) in [6, 6.07) is 6.02. The van der Waals surface area contributed by atoms with E-state index in [1.54, 1.807) is 4.90 Å². The van der Waals surface area contributed by atoms with Crippen molar-refractivity contribution < 1.29 is 13.9 Å². The smallest absolute Gasteiger partial charge is 0.322 e. The van der Waals surface area contributed by atoms with Crippen molar-refractivity contribution in [3.63, 3.8) is 0 Å². The molecule has 0 aromatic heterocycles. The number of carbonyl (C=O) groups excluding carboxylic acids is 1. The number of nitrogens with zero attached hydrogens (tertiary/aromatic N) is 2. The zero-order valence-corrected chi connectivity index (χ0v) is 12.6. The van der Waals surface area contributed by atoms with E-state index in [2.05, 4.69) is 11.4 Å². The third kappa shape index (κ3) is 4.35. The van der Waals surface area contributed by atoms with Crippen LogP contribution in [0.1, 0.15) is 32.6 Å². The maximum Gasteiger partial charge on any atom is 0.322 e. The molecule has 0 spiro atoms. The Morgan fingerprint density at radius 1 is 1.55 bits per heavy atom. The van der Waals surface area contributed by atoms with Crippen LogP contribution in [0, 0.1) is 17.1 Å². The van der Waals surface area contributed by atoms with Crippen molar-refractivity contribution in [2.45, 2.75) is 38.6 Å². The zero-order valence-electron chi connectivity index (χ0n) is 12.6. The molecule has 0 saturated heterocycles. The van der Waals surface area contributed by atoms with Gasteiger partial charge in [-0.3, -0.25) is 0 Å². The summed E-state index contributed by atoms with van der Waals surface area (Å²) < 4.78 is 18.8. The Bertz CT molecular complexity index is 567. The van der Waals surface area contributed by atoms with Gasteiger partial charge in [0.25, 0.3) is 0 Å². The molecule has 2 amide bonds. The molecule has 1 aliphatic rings. The lowest BCUT2D eigenvalue weighted by molar-refractivity contribution is 0.210. The summed E-state index contributed by atoms with van der Waals surface area (Å²) in [7, 11) is 0. The molecule has 0 bridgehead atoms. The van der Waals surface area contributed by atoms with Gasteiger partial charge in [0, 0.05) is 18.7 Å². The van der Waals surface area contributed by atoms with E-state index in [9.17, 15) is 9.18 Å². The Hall–Kier alpha value is -2.29. The van der Waals surface area contributed by atoms with Crippen molar-refractivity contribution >= 4 is 11.7 Å². The topological polar surface area (TPSA) is 65.4 Å². The first-order valence-corrected chi connectivity index (χ1v) is 7.52. The molecule has 1 aliphatic carbocycles. The molecule has 1 aromatic carbocycles. The van der Waals surface area contributed by atoms with E-state index < -0.39 is 5.82 Å². The quantitative estimate of drug-likeness (QED) is 0.838. The van der Waals surface area contributed by atoms with Gasteiger partial charge in [-0.15, -0.1) is 0 Å². The number of urea groups is 1. The molecular formula is C16H20FN3O2. The predicted molar refractivity (Wildman–Crippen MR) is 81.2 cm³/mol. The van der Waals surface area contributed by atoms with Gasteiger partial charge in [0.05, 0.1) is 24.8 Å². The third-order valence-corrected chi connectivity index (χ3v) is 3.36. The van der Waals surface area contributed by atoms with Crippen LogP contribution in [0.4, 0.5) is 14.9 Å². The maximum atomic E-state index is 13.3. The van der Waals surface area contributed by atoms with Crippen LogP contribution >= 0.6 is 0 Å². The highest BCUT2D eigenvalue weighted by Crippen LogP contribution is 2.30. The van der Waals surface area contributed by atoms with Crippen LogP contribution in [-0.2, 0) is 0 Å². The number of rotatable bonds is 7. The van der Waals surface area contributed by atoms with Gasteiger partial charge in [-0.25, -0.2) is 9.18 Å². The molecule has 1 aromatic rings. The van der Waals surface area contributed by atoms with Crippen molar-refractivity contribution in [2.75, 3.05) is 18.5 Å². The minimum Gasteiger partial charge on any atom is -0.491 e. The standard InChI is InChI=1S/C16H20FN3O2/c1-2-10-22-15-11-12(17)4-7-14(15)19-16(21)20(9-3-8-18)13-5-6-13/h4,7,11,13H,2-3,5-6,9-10H2,1H3,(H,19,21). The van der Waals surface area contributed by atoms with E-state index in [-0.39, 0.29) is 12.1 Å². The lowest BCUT2D eigenvalue weighted by Gasteiger charge is -2.22. The molecule has 5 nitrogen and oxygen atoms in total. The van der Waals surface area contributed by atoms with Gasteiger partial charge < -0.3 is 15.0 Å². The Labute approximate surface area is 129 Å². The van der Waals surface area contributed by atoms with Crippen molar-refractivity contribution in [3.8, 4) is 11.8 Å². The summed E-state index contributed by atoms with van der Waals surface area (Å²) in [5.74, 6) is -0.0844. The summed E-state index contributed by atoms with van der Waals surface area (Å²) in [6.45, 7) is 2.81. The molecule has 6 heteroatoms. The minimum absolute atomic E-state index is 0.203. The second-order valence-electron chi connectivity index (χ2n) is 5.25. The van der Waals surface area contributed by atoms with Gasteiger partial charge in [-0.2, -0.15) is 5.26 Å². The number of benzene rings is 1. The normalized spacial score (nSPS) is 13.3. The highest BCUT2D eigenvalue weighted by Gasteiger charge is 2.32. The molecule has 1 saturated carbocycles. The molecule has 0 atom stereocenters. The first-order valence-electron chi connectivity index (χ1n) is 7.52. The van der Waals surface area contributed by atoms with Crippen LogP contribution in [0.15, 0.2) is 18.2 Å². The number of hydrogen-bond acceptors (Lipinski definition) is 3. The van der Waals surface area contributed by atoms with Crippen LogP contribution in [0.2, 0.25) is 0 Å². The lowest BCUT2D eigenvalue weighted by Crippen LogP contribution is -2.37. The number of halogens is 1. The van der Waals surface area contributed by atoms with Crippen LogP contribution in [0.5, 0.6) is 5.75 Å². The first-order chi connectivity index (χ1) is 10.7. The van der Waals surface area contributed by atoms with Gasteiger partial charge in [0.15, 0.2) is 0 Å². The number of hydrogen-bond donors (Lipinski definition) is 1. The molecule has 1 N–H and O–H groups in total. The number of nitriles is 1. The minimum atomic E-state index is -0.410. The second-order valence-corrected chi connectivity index (χ2v) is 5.25. The van der Waals surface area contributed by atoms with E-state index >= 15 is 0 Å². The third-order valence-electron chi connectivity index (χ3n) is 3.36. The Morgan fingerprint density at radius 3 is 2.95 bits per heavy atom. The van der Waals surface area contributed by atoms with Crippen LogP contribution in [0.25, 0.3) is 0 Å². The summed E-state index contributed by atoms with van der Waals surface area (Å²) in [5, 5.41) is 11.5. The van der Waals surface area contributed by atoms with E-state index in [0.29, 0.717) is 31.0 Å². The highest BCUT2D eigenvalue weighted by atomic mass is 19.1. The summed E-state index contributed by atoms with van der Waals surface area (Å²) in [5.41, 5.74) is 0.447. The molecule has 1 fully saturated rings. The van der Waals surface area contributed by atoms with Gasteiger partial charge in [-0.05, 0) is 31.4 Å². The summed E-state index contributed by atoms with van der Waals surface area (Å²) >= 11 is 0. The SMILES string of the molecule is CCCOc1cc(F)ccc1NC(=O)N(CCC#N)C1CC1. The fraction of sp³-hybridized carbons (Fsp3) is 0.500. The molecule has 0 unspecified atom stereocenters. The molecule has 22 heavy (non-hydrogen) atoms. The van der Waals surface area contributed by atoms with E-state index in [0.717, 1.165) is 19.3 Å². The van der Waals surface area contributed by atoms with E-state index in [1.165, 1.54) is 18.2 Å². The van der Waals surface area contributed by atoms with Gasteiger partial charge >= 0.3 is 6.03 Å². The van der Waals surface area contributed by atoms with Crippen molar-refractivity contribution in [2.24, 2.45) is 0 Å². The number of carbonyl (C=O) groups is 1. The number of amides is 2. The Morgan fingerprint density at radius 2 is 2.32 bits per heavy atom. The summed E-state index contributed by atoms with van der Waals surface area (Å²) in [4.78, 5) is 14.0. The number of anilines is 1. The van der Waals surface area contributed by atoms with E-state index in [1.807, 2.05) is 6.92 Å². The van der Waals surface area contributed by atoms with Crippen LogP contribution in [0.3, 0.4) is 0 Å². The fourth-order valence-electron chi connectivity index (χ4n) is 2.12. The number of ether oxygens (including phenoxy) is 1. The van der Waals surface area contributed by atoms with Gasteiger partial charge in [0.2, 0.25) is 0 Å². The summed E-state index contributed by atoms with van der Waals surface area (Å²) in [6.07, 6.45) is 3.01. The monoisotopic (exact) mass is 305 g/mol. The molecule has 2 rings (SSSR count). The predicted octanol–water partition coefficient (Wildman–Crippen LogP) is 3.52. The average molecular weight is 305 g/mol. The molecule has 0 radical (unpaired) electrons. The lowest BCUT2D eigenvalue weighted by atomic mass is 10.3. The Balaban J connectivity index is 2.07. The van der Waals surface area contributed by atoms with Crippen LogP contribution in [-0.4, -0.2) is 30.1 Å². The van der Waals surface area contributed by atoms with Crippen molar-refractivity contribution in [1.29, 1.82) is 5.26 Å². The largest absolute Gasteiger partial charge is 0.491 e. The second kappa shape index (κ2) is 7.64. The van der Waals surface area contributed by atoms with Crippen LogP contribution < -0.4 is 10.1 Å². The fourth-order valence-corrected chi connectivity index (χ4v) is 2.12. The maximum absolute atomic E-state index is 13.3. The molecular weight excluding hydrogens is 285 g/mol. The first kappa shape index (κ1) is 16.1. The Kier molecular flexibility index (Phi) is 5.59. The average Bonchev–Trinajstić information content (AvgIpc) is 3.32. The highest BCUT2D eigenvalue weighted by molar-refractivity contribution is 5.91. The number of nitrogens with one attached hydrogen (secondary N) is 1. The molecule has 0 heterocycles. The zero-order chi connectivity index (χ0) is 15.9. The van der Waals surface area contributed by atoms with E-state index in [4.69, 9.17) is 10.00 Å². The van der Waals surface area contributed by atoms with Crippen molar-refractivity contribution in [1.82, 2.24) is 4.90 Å². The van der Waals surface area contributed by atoms with Gasteiger partial charge in [0.1, 0.15) is 11.6 Å². The molecule has 0 aliphatic heterocycles.